The summed E-state index contributed by atoms with van der Waals surface area (Å²) in [7, 11) is 1.80. The lowest BCUT2D eigenvalue weighted by Gasteiger charge is -2.04. The second-order valence-corrected chi connectivity index (χ2v) is 12.1. The molecule has 0 amide bonds. The molecule has 0 aliphatic carbocycles. The molecule has 3 aromatic rings. The lowest BCUT2D eigenvalue weighted by Crippen LogP contribution is -1.86. The minimum absolute atomic E-state index is 1.04. The molecule has 0 saturated carbocycles. The lowest BCUT2D eigenvalue weighted by atomic mass is 10.0. The molecule has 0 N–H and O–H groups in total. The summed E-state index contributed by atoms with van der Waals surface area (Å²) in [5, 5.41) is 3.32. The summed E-state index contributed by atoms with van der Waals surface area (Å²) in [6.07, 6.45) is 18.6. The van der Waals surface area contributed by atoms with Gasteiger partial charge < -0.3 is 4.74 Å². The Bertz CT molecular complexity index is 917. The van der Waals surface area contributed by atoms with Gasteiger partial charge in [-0.1, -0.05) is 89.4 Å². The molecule has 4 heteroatoms. The number of hydrogen-bond acceptors (Lipinski definition) is 4. The third-order valence-corrected chi connectivity index (χ3v) is 9.93. The Kier molecular flexibility index (Phi) is 12.1. The van der Waals surface area contributed by atoms with E-state index in [0.717, 1.165) is 11.5 Å². The first-order chi connectivity index (χ1) is 16.3. The summed E-state index contributed by atoms with van der Waals surface area (Å²) in [6.45, 7) is 4.57. The van der Waals surface area contributed by atoms with Crippen LogP contribution in [0.4, 0.5) is 0 Å². The number of rotatable bonds is 17. The number of thiophene rings is 3. The first-order valence-corrected chi connectivity index (χ1v) is 15.6. The molecule has 3 heterocycles. The molecule has 0 fully saturated rings. The molecule has 0 aliphatic rings. The lowest BCUT2D eigenvalue weighted by molar-refractivity contribution is 0.427. The van der Waals surface area contributed by atoms with E-state index in [0.29, 0.717) is 0 Å². The summed E-state index contributed by atoms with van der Waals surface area (Å²) in [6, 6.07) is 9.31. The zero-order valence-corrected chi connectivity index (χ0v) is 23.4. The van der Waals surface area contributed by atoms with E-state index in [9.17, 15) is 0 Å². The van der Waals surface area contributed by atoms with E-state index in [2.05, 4.69) is 43.5 Å². The molecule has 0 saturated heterocycles. The van der Waals surface area contributed by atoms with Gasteiger partial charge in [0.15, 0.2) is 5.06 Å². The maximum absolute atomic E-state index is 5.62. The van der Waals surface area contributed by atoms with Crippen LogP contribution in [0.1, 0.15) is 102 Å². The van der Waals surface area contributed by atoms with Gasteiger partial charge in [-0.15, -0.1) is 22.7 Å². The molecule has 0 aromatic carbocycles. The average Bonchev–Trinajstić information content (AvgIpc) is 3.57. The van der Waals surface area contributed by atoms with Gasteiger partial charge in [0.25, 0.3) is 0 Å². The highest BCUT2D eigenvalue weighted by molar-refractivity contribution is 7.26. The van der Waals surface area contributed by atoms with Gasteiger partial charge in [0.2, 0.25) is 0 Å². The van der Waals surface area contributed by atoms with Crippen molar-refractivity contribution in [2.45, 2.75) is 104 Å². The van der Waals surface area contributed by atoms with Crippen molar-refractivity contribution in [3.63, 3.8) is 0 Å². The first-order valence-electron chi connectivity index (χ1n) is 13.1. The van der Waals surface area contributed by atoms with Crippen molar-refractivity contribution >= 4 is 34.0 Å². The van der Waals surface area contributed by atoms with E-state index < -0.39 is 0 Å². The van der Waals surface area contributed by atoms with Gasteiger partial charge in [-0.2, -0.15) is 0 Å². The van der Waals surface area contributed by atoms with Crippen molar-refractivity contribution in [3.05, 3.63) is 40.8 Å². The minimum Gasteiger partial charge on any atom is -0.487 e. The van der Waals surface area contributed by atoms with Crippen LogP contribution < -0.4 is 4.74 Å². The van der Waals surface area contributed by atoms with Gasteiger partial charge in [-0.25, -0.2) is 0 Å². The number of hydrogen-bond donors (Lipinski definition) is 0. The van der Waals surface area contributed by atoms with Gasteiger partial charge in [0.05, 0.1) is 12.0 Å². The largest absolute Gasteiger partial charge is 0.487 e. The molecule has 3 aromatic heterocycles. The topological polar surface area (TPSA) is 9.23 Å². The summed E-state index contributed by atoms with van der Waals surface area (Å²) in [5.41, 5.74) is 3.01. The predicted molar refractivity (Wildman–Crippen MR) is 152 cm³/mol. The highest BCUT2D eigenvalue weighted by atomic mass is 32.1. The quantitative estimate of drug-likeness (QED) is 0.167. The Labute approximate surface area is 214 Å². The smallest absolute Gasteiger partial charge is 0.174 e. The number of ether oxygens (including phenoxy) is 1. The highest BCUT2D eigenvalue weighted by Gasteiger charge is 2.16. The molecule has 3 rings (SSSR count). The van der Waals surface area contributed by atoms with Crippen molar-refractivity contribution in [3.8, 4) is 24.6 Å². The van der Waals surface area contributed by atoms with Crippen molar-refractivity contribution in [2.75, 3.05) is 7.11 Å². The van der Waals surface area contributed by atoms with Crippen LogP contribution in [0.3, 0.4) is 0 Å². The minimum atomic E-state index is 1.04. The maximum atomic E-state index is 5.62. The van der Waals surface area contributed by atoms with E-state index in [4.69, 9.17) is 4.74 Å². The fraction of sp³-hybridized carbons (Fsp3) is 0.586. The molecule has 0 bridgehead atoms. The zero-order valence-electron chi connectivity index (χ0n) is 20.9. The van der Waals surface area contributed by atoms with Gasteiger partial charge in [-0.05, 0) is 66.5 Å². The molecule has 0 atom stereocenters. The van der Waals surface area contributed by atoms with E-state index >= 15 is 0 Å². The van der Waals surface area contributed by atoms with Gasteiger partial charge in [0, 0.05) is 14.6 Å². The molecule has 182 valence electrons. The van der Waals surface area contributed by atoms with Crippen LogP contribution in [0.25, 0.3) is 19.5 Å². The van der Waals surface area contributed by atoms with Crippen molar-refractivity contribution in [2.24, 2.45) is 0 Å². The van der Waals surface area contributed by atoms with E-state index in [1.54, 1.807) is 12.7 Å². The molecule has 0 unspecified atom stereocenters. The second kappa shape index (κ2) is 15.0. The normalized spacial score (nSPS) is 11.4. The van der Waals surface area contributed by atoms with Crippen molar-refractivity contribution in [1.82, 2.24) is 0 Å². The molecule has 0 aliphatic heterocycles. The first kappa shape index (κ1) is 26.5. The van der Waals surface area contributed by atoms with Gasteiger partial charge in [0.1, 0.15) is 0 Å². The van der Waals surface area contributed by atoms with Crippen molar-refractivity contribution < 1.29 is 4.74 Å². The summed E-state index contributed by atoms with van der Waals surface area (Å²) in [4.78, 5) is 5.74. The predicted octanol–water partition coefficient (Wildman–Crippen LogP) is 11.0. The Morgan fingerprint density at radius 1 is 0.636 bits per heavy atom. The fourth-order valence-electron chi connectivity index (χ4n) is 4.42. The third kappa shape index (κ3) is 8.26. The average molecular weight is 503 g/mol. The monoisotopic (exact) mass is 502 g/mol. The highest BCUT2D eigenvalue weighted by Crippen LogP contribution is 2.44. The number of unbranched alkanes of at least 4 members (excludes halogenated alkanes) is 10. The third-order valence-electron chi connectivity index (χ3n) is 6.39. The van der Waals surface area contributed by atoms with E-state index in [-0.39, 0.29) is 0 Å². The standard InChI is InChI=1S/C29H42OS3/c1-4-6-8-10-12-14-16-23-20-21-31-28(23)25-18-19-26(32-25)29-24(22-27(30-3)33-29)17-15-13-11-9-7-5-2/h18-22H,4-17H2,1-3H3. The summed E-state index contributed by atoms with van der Waals surface area (Å²) in [5.74, 6) is 0. The molecule has 0 radical (unpaired) electrons. The SMILES string of the molecule is CCCCCCCCc1ccsc1-c1ccc(-c2sc(OC)cc2CCCCCCCC)s1. The van der Waals surface area contributed by atoms with Gasteiger partial charge >= 0.3 is 0 Å². The fourth-order valence-corrected chi connectivity index (χ4v) is 7.72. The number of aryl methyl sites for hydroxylation is 2. The van der Waals surface area contributed by atoms with Crippen molar-refractivity contribution in [1.29, 1.82) is 0 Å². The van der Waals surface area contributed by atoms with E-state index in [1.807, 2.05) is 34.0 Å². The Hall–Kier alpha value is -1.10. The molecule has 0 spiro atoms. The summed E-state index contributed by atoms with van der Waals surface area (Å²) < 4.78 is 5.62. The van der Waals surface area contributed by atoms with Crippen LogP contribution in [0.5, 0.6) is 5.06 Å². The molecular formula is C29H42OS3. The van der Waals surface area contributed by atoms with Crippen LogP contribution in [0, 0.1) is 0 Å². The molecule has 1 nitrogen and oxygen atoms in total. The van der Waals surface area contributed by atoms with Crippen LogP contribution in [-0.4, -0.2) is 7.11 Å². The van der Waals surface area contributed by atoms with E-state index in [1.165, 1.54) is 109 Å². The van der Waals surface area contributed by atoms with Crippen LogP contribution in [0.2, 0.25) is 0 Å². The maximum Gasteiger partial charge on any atom is 0.174 e. The Morgan fingerprint density at radius 3 is 1.85 bits per heavy atom. The Balaban J connectivity index is 1.62. The second-order valence-electron chi connectivity index (χ2n) is 9.10. The van der Waals surface area contributed by atoms with Crippen LogP contribution in [-0.2, 0) is 12.8 Å². The van der Waals surface area contributed by atoms with Crippen LogP contribution >= 0.6 is 34.0 Å². The number of methoxy groups -OCH3 is 1. The molecular weight excluding hydrogens is 461 g/mol. The zero-order chi connectivity index (χ0) is 23.3. The van der Waals surface area contributed by atoms with Crippen LogP contribution in [0.15, 0.2) is 29.6 Å². The summed E-state index contributed by atoms with van der Waals surface area (Å²) >= 11 is 5.69. The Morgan fingerprint density at radius 2 is 1.21 bits per heavy atom. The molecule has 33 heavy (non-hydrogen) atoms. The van der Waals surface area contributed by atoms with Gasteiger partial charge in [-0.3, -0.25) is 0 Å².